The lowest BCUT2D eigenvalue weighted by molar-refractivity contribution is 0.392. The first kappa shape index (κ1) is 25.2. The van der Waals surface area contributed by atoms with Gasteiger partial charge >= 0.3 is 0 Å². The van der Waals surface area contributed by atoms with Crippen molar-refractivity contribution in [1.82, 2.24) is 15.0 Å². The van der Waals surface area contributed by atoms with Crippen molar-refractivity contribution in [3.63, 3.8) is 0 Å². The van der Waals surface area contributed by atoms with Crippen LogP contribution in [0.15, 0.2) is 47.5 Å². The molecule has 0 spiro atoms. The van der Waals surface area contributed by atoms with Crippen LogP contribution in [0.25, 0.3) is 22.2 Å². The van der Waals surface area contributed by atoms with E-state index in [2.05, 4.69) is 30.3 Å². The van der Waals surface area contributed by atoms with E-state index >= 15 is 4.39 Å². The molecule has 188 valence electrons. The van der Waals surface area contributed by atoms with Gasteiger partial charge < -0.3 is 20.1 Å². The zero-order valence-corrected chi connectivity index (χ0v) is 21.3. The molecule has 0 atom stereocenters. The van der Waals surface area contributed by atoms with Gasteiger partial charge in [-0.2, -0.15) is 4.98 Å². The van der Waals surface area contributed by atoms with E-state index in [0.29, 0.717) is 28.4 Å². The summed E-state index contributed by atoms with van der Waals surface area (Å²) in [6.45, 7) is 0. The molecule has 0 amide bonds. The molecule has 4 rings (SSSR count). The first-order valence-corrected chi connectivity index (χ1v) is 12.3. The minimum Gasteiger partial charge on any atom is -0.495 e. The number of anilines is 3. The summed E-state index contributed by atoms with van der Waals surface area (Å²) in [6, 6.07) is 8.55. The van der Waals surface area contributed by atoms with Crippen LogP contribution in [0.1, 0.15) is 0 Å². The summed E-state index contributed by atoms with van der Waals surface area (Å²) in [5.41, 5.74) is 0.651. The minimum absolute atomic E-state index is 0.0259. The van der Waals surface area contributed by atoms with E-state index in [1.54, 1.807) is 26.4 Å². The average molecular weight is 533 g/mol. The molecule has 2 heterocycles. The summed E-state index contributed by atoms with van der Waals surface area (Å²) in [5, 5.41) is 6.52. The molecule has 0 aliphatic carbocycles. The number of nitrogens with zero attached hydrogens (tertiary/aromatic N) is 3. The number of sulfonamides is 1. The summed E-state index contributed by atoms with van der Waals surface area (Å²) in [5.74, 6) is 0.0397. The van der Waals surface area contributed by atoms with Gasteiger partial charge in [-0.25, -0.2) is 22.8 Å². The number of benzene rings is 2. The quantitative estimate of drug-likeness (QED) is 0.303. The summed E-state index contributed by atoms with van der Waals surface area (Å²) in [4.78, 5) is 12.7. The highest BCUT2D eigenvalue weighted by Gasteiger charge is 2.25. The predicted molar refractivity (Wildman–Crippen MR) is 137 cm³/mol. The van der Waals surface area contributed by atoms with Crippen molar-refractivity contribution in [2.75, 3.05) is 43.7 Å². The Balaban J connectivity index is 1.80. The number of hydrogen-bond acceptors (Lipinski definition) is 9. The highest BCUT2D eigenvalue weighted by molar-refractivity contribution is 7.92. The maximum Gasteiger partial charge on any atom is 0.265 e. The number of aromatic nitrogens is 3. The number of ether oxygens (including phenoxy) is 2. The third kappa shape index (κ3) is 4.64. The van der Waals surface area contributed by atoms with Gasteiger partial charge in [-0.05, 0) is 12.1 Å². The molecule has 2 aromatic carbocycles. The van der Waals surface area contributed by atoms with Crippen LogP contribution in [-0.2, 0) is 10.0 Å². The van der Waals surface area contributed by atoms with E-state index in [1.165, 1.54) is 44.6 Å². The van der Waals surface area contributed by atoms with Crippen molar-refractivity contribution in [2.24, 2.45) is 0 Å². The molecular weight excluding hydrogens is 511 g/mol. The second-order valence-electron chi connectivity index (χ2n) is 7.40. The number of rotatable bonds is 8. The molecule has 3 N–H and O–H groups in total. The van der Waals surface area contributed by atoms with Crippen LogP contribution in [0.3, 0.4) is 0 Å². The van der Waals surface area contributed by atoms with Gasteiger partial charge in [0.05, 0.1) is 24.9 Å². The number of methoxy groups -OCH3 is 2. The first-order valence-electron chi connectivity index (χ1n) is 10.5. The topological polar surface area (TPSA) is 127 Å². The molecule has 13 heteroatoms. The summed E-state index contributed by atoms with van der Waals surface area (Å²) >= 11 is 6.09. The fraction of sp³-hybridized carbons (Fsp3) is 0.174. The Labute approximate surface area is 211 Å². The molecule has 0 fully saturated rings. The van der Waals surface area contributed by atoms with Crippen molar-refractivity contribution in [1.29, 1.82) is 0 Å². The number of hydrogen-bond donors (Lipinski definition) is 3. The summed E-state index contributed by atoms with van der Waals surface area (Å²) in [6.07, 6.45) is 1.56. The summed E-state index contributed by atoms with van der Waals surface area (Å²) < 4.78 is 54.8. The molecule has 0 bridgehead atoms. The summed E-state index contributed by atoms with van der Waals surface area (Å²) in [7, 11) is 1.68. The van der Waals surface area contributed by atoms with Gasteiger partial charge in [-0.3, -0.25) is 4.72 Å². The number of fused-ring (bicyclic) bond motifs is 1. The van der Waals surface area contributed by atoms with E-state index in [4.69, 9.17) is 21.1 Å². The van der Waals surface area contributed by atoms with Crippen LogP contribution >= 0.6 is 11.6 Å². The van der Waals surface area contributed by atoms with Crippen molar-refractivity contribution < 1.29 is 22.3 Å². The zero-order chi connectivity index (χ0) is 26.0. The molecule has 0 unspecified atom stereocenters. The maximum absolute atomic E-state index is 15.7. The maximum atomic E-state index is 15.7. The van der Waals surface area contributed by atoms with Crippen molar-refractivity contribution in [3.05, 3.63) is 53.4 Å². The lowest BCUT2D eigenvalue weighted by Gasteiger charge is -2.16. The Bertz CT molecular complexity index is 1570. The van der Waals surface area contributed by atoms with Gasteiger partial charge in [0.15, 0.2) is 11.5 Å². The second kappa shape index (κ2) is 9.99. The third-order valence-corrected chi connectivity index (χ3v) is 6.97. The molecule has 10 nitrogen and oxygen atoms in total. The van der Waals surface area contributed by atoms with Crippen molar-refractivity contribution in [2.45, 2.75) is 4.90 Å². The number of pyridine rings is 1. The van der Waals surface area contributed by atoms with Gasteiger partial charge in [-0.1, -0.05) is 23.7 Å². The van der Waals surface area contributed by atoms with Gasteiger partial charge in [0, 0.05) is 48.9 Å². The van der Waals surface area contributed by atoms with Gasteiger partial charge in [0.1, 0.15) is 22.2 Å². The van der Waals surface area contributed by atoms with Crippen LogP contribution in [0.4, 0.5) is 21.8 Å². The monoisotopic (exact) mass is 532 g/mol. The third-order valence-electron chi connectivity index (χ3n) is 5.29. The van der Waals surface area contributed by atoms with Crippen LogP contribution in [0.5, 0.6) is 11.5 Å². The van der Waals surface area contributed by atoms with Crippen LogP contribution < -0.4 is 24.8 Å². The van der Waals surface area contributed by atoms with E-state index < -0.39 is 15.8 Å². The Morgan fingerprint density at radius 1 is 0.972 bits per heavy atom. The predicted octanol–water partition coefficient (Wildman–Crippen LogP) is 4.39. The SMILES string of the molecule is CNc1ncc2cc(-c3cccc(NS(=O)(=O)c4cc(OC)c(Cl)cc4OC)c3F)c(NC)nc2n1. The lowest BCUT2D eigenvalue weighted by atomic mass is 10.0. The standard InChI is InChI=1S/C23H22ClFN6O4S/c1-26-22-14(8-12-11-28-23(27-2)30-21(12)29-22)13-6-5-7-16(20(13)25)31-36(32,33)19-10-17(34-3)15(24)9-18(19)35-4/h5-11,31H,1-4H3,(H2,26,27,28,29,30). The number of nitrogens with one attached hydrogen (secondary N) is 3. The average Bonchev–Trinajstić information content (AvgIpc) is 2.88. The van der Waals surface area contributed by atoms with Crippen LogP contribution in [-0.4, -0.2) is 51.7 Å². The highest BCUT2D eigenvalue weighted by Crippen LogP contribution is 2.38. The normalized spacial score (nSPS) is 11.3. The second-order valence-corrected chi connectivity index (χ2v) is 9.46. The van der Waals surface area contributed by atoms with E-state index in [9.17, 15) is 8.42 Å². The highest BCUT2D eigenvalue weighted by atomic mass is 35.5. The molecule has 0 radical (unpaired) electrons. The Kier molecular flexibility index (Phi) is 7.00. The fourth-order valence-electron chi connectivity index (χ4n) is 3.54. The zero-order valence-electron chi connectivity index (χ0n) is 19.7. The molecular formula is C23H22ClFN6O4S. The van der Waals surface area contributed by atoms with Gasteiger partial charge in [-0.15, -0.1) is 0 Å². The van der Waals surface area contributed by atoms with Crippen molar-refractivity contribution >= 4 is 50.1 Å². The molecule has 0 aliphatic heterocycles. The van der Waals surface area contributed by atoms with E-state index in [1.807, 2.05) is 0 Å². The molecule has 4 aromatic rings. The van der Waals surface area contributed by atoms with Gasteiger partial charge in [0.25, 0.3) is 10.0 Å². The Morgan fingerprint density at radius 2 is 1.72 bits per heavy atom. The molecule has 0 saturated heterocycles. The van der Waals surface area contributed by atoms with Crippen molar-refractivity contribution in [3.8, 4) is 22.6 Å². The minimum atomic E-state index is -4.30. The first-order chi connectivity index (χ1) is 17.2. The largest absolute Gasteiger partial charge is 0.495 e. The smallest absolute Gasteiger partial charge is 0.265 e. The fourth-order valence-corrected chi connectivity index (χ4v) is 5.00. The van der Waals surface area contributed by atoms with Crippen LogP contribution in [0, 0.1) is 5.82 Å². The molecule has 2 aromatic heterocycles. The lowest BCUT2D eigenvalue weighted by Crippen LogP contribution is -2.15. The van der Waals surface area contributed by atoms with E-state index in [-0.39, 0.29) is 32.7 Å². The molecule has 36 heavy (non-hydrogen) atoms. The molecule has 0 saturated carbocycles. The van der Waals surface area contributed by atoms with Gasteiger partial charge in [0.2, 0.25) is 5.95 Å². The number of halogens is 2. The Morgan fingerprint density at radius 3 is 2.39 bits per heavy atom. The Hall–Kier alpha value is -3.90. The molecule has 0 aliphatic rings. The van der Waals surface area contributed by atoms with E-state index in [0.717, 1.165) is 0 Å². The van der Waals surface area contributed by atoms with Crippen LogP contribution in [0.2, 0.25) is 5.02 Å².